The Balaban J connectivity index is 2.79. The van der Waals surface area contributed by atoms with E-state index < -0.39 is 17.5 Å². The Morgan fingerprint density at radius 3 is 2.45 bits per heavy atom. The van der Waals surface area contributed by atoms with Gasteiger partial charge in [0.1, 0.15) is 11.6 Å². The summed E-state index contributed by atoms with van der Waals surface area (Å²) >= 11 is 0. The molecule has 0 atom stereocenters. The molecule has 0 spiro atoms. The molecule has 3 nitrogen and oxygen atoms in total. The van der Waals surface area contributed by atoms with Gasteiger partial charge in [-0.3, -0.25) is 4.79 Å². The maximum Gasteiger partial charge on any atom is 0.258 e. The molecule has 0 aliphatic carbocycles. The highest BCUT2D eigenvalue weighted by Crippen LogP contribution is 2.16. The quantitative estimate of drug-likeness (QED) is 0.641. The van der Waals surface area contributed by atoms with Crippen molar-refractivity contribution in [1.82, 2.24) is 5.32 Å². The minimum absolute atomic E-state index is 0.262. The SMILES string of the molecule is C=C(/C=C\C=C(/C)C(=C)C)NC(=O)c1cc(N)c(F)cc1F. The molecule has 0 saturated heterocycles. The number of hydrogen-bond acceptors (Lipinski definition) is 2. The summed E-state index contributed by atoms with van der Waals surface area (Å²) in [7, 11) is 0. The van der Waals surface area contributed by atoms with Crippen molar-refractivity contribution >= 4 is 11.6 Å². The number of nitrogen functional groups attached to an aromatic ring is 1. The van der Waals surface area contributed by atoms with Gasteiger partial charge in [-0.25, -0.2) is 8.78 Å². The van der Waals surface area contributed by atoms with Crippen LogP contribution in [0.25, 0.3) is 0 Å². The third-order valence-corrected chi connectivity index (χ3v) is 2.92. The van der Waals surface area contributed by atoms with Crippen LogP contribution < -0.4 is 11.1 Å². The molecule has 0 aliphatic heterocycles. The molecule has 1 rings (SSSR count). The van der Waals surface area contributed by atoms with Gasteiger partial charge in [-0.15, -0.1) is 0 Å². The van der Waals surface area contributed by atoms with Crippen LogP contribution in [0.5, 0.6) is 0 Å². The maximum absolute atomic E-state index is 13.6. The van der Waals surface area contributed by atoms with Gasteiger partial charge in [-0.2, -0.15) is 0 Å². The summed E-state index contributed by atoms with van der Waals surface area (Å²) in [6.45, 7) is 11.2. The van der Waals surface area contributed by atoms with E-state index in [1.54, 1.807) is 18.2 Å². The zero-order valence-electron chi connectivity index (χ0n) is 12.5. The summed E-state index contributed by atoms with van der Waals surface area (Å²) in [4.78, 5) is 11.9. The number of carbonyl (C=O) groups excluding carboxylic acids is 1. The Bertz CT molecular complexity index is 688. The number of allylic oxidation sites excluding steroid dienone is 5. The molecule has 3 N–H and O–H groups in total. The van der Waals surface area contributed by atoms with Gasteiger partial charge in [0.05, 0.1) is 11.3 Å². The van der Waals surface area contributed by atoms with Crippen LogP contribution in [-0.4, -0.2) is 5.91 Å². The van der Waals surface area contributed by atoms with E-state index in [1.165, 1.54) is 0 Å². The number of amides is 1. The first-order valence-corrected chi connectivity index (χ1v) is 6.48. The Morgan fingerprint density at radius 2 is 1.86 bits per heavy atom. The van der Waals surface area contributed by atoms with Gasteiger partial charge in [0.15, 0.2) is 0 Å². The first-order chi connectivity index (χ1) is 10.2. The second-order valence-electron chi connectivity index (χ2n) is 4.82. The fourth-order valence-corrected chi connectivity index (χ4v) is 1.45. The van der Waals surface area contributed by atoms with Crippen LogP contribution in [0.2, 0.25) is 0 Å². The van der Waals surface area contributed by atoms with Crippen molar-refractivity contribution in [3.05, 3.63) is 77.6 Å². The first-order valence-electron chi connectivity index (χ1n) is 6.48. The van der Waals surface area contributed by atoms with Crippen LogP contribution in [-0.2, 0) is 0 Å². The van der Waals surface area contributed by atoms with Gasteiger partial charge in [0.2, 0.25) is 0 Å². The van der Waals surface area contributed by atoms with E-state index in [-0.39, 0.29) is 16.9 Å². The Hall–Kier alpha value is -2.69. The van der Waals surface area contributed by atoms with Gasteiger partial charge in [0.25, 0.3) is 5.91 Å². The van der Waals surface area contributed by atoms with Crippen LogP contribution in [0, 0.1) is 11.6 Å². The van der Waals surface area contributed by atoms with Gasteiger partial charge < -0.3 is 11.1 Å². The first kappa shape index (κ1) is 17.4. The Morgan fingerprint density at radius 1 is 1.23 bits per heavy atom. The average Bonchev–Trinajstić information content (AvgIpc) is 2.42. The molecule has 0 aliphatic rings. The van der Waals surface area contributed by atoms with Crippen molar-refractivity contribution in [2.24, 2.45) is 0 Å². The van der Waals surface area contributed by atoms with Crippen LogP contribution in [0.15, 0.2) is 60.4 Å². The average molecular weight is 304 g/mol. The lowest BCUT2D eigenvalue weighted by atomic mass is 10.1. The minimum atomic E-state index is -0.987. The van der Waals surface area contributed by atoms with Crippen molar-refractivity contribution in [3.8, 4) is 0 Å². The number of carbonyl (C=O) groups is 1. The van der Waals surface area contributed by atoms with Crippen molar-refractivity contribution in [1.29, 1.82) is 0 Å². The van der Waals surface area contributed by atoms with Crippen molar-refractivity contribution in [3.63, 3.8) is 0 Å². The number of halogens is 2. The zero-order chi connectivity index (χ0) is 16.9. The van der Waals surface area contributed by atoms with Gasteiger partial charge in [-0.1, -0.05) is 30.9 Å². The molecule has 1 amide bonds. The number of nitrogens with one attached hydrogen (secondary N) is 1. The molecule has 0 fully saturated rings. The molecule has 116 valence electrons. The molecule has 1 aromatic rings. The zero-order valence-corrected chi connectivity index (χ0v) is 12.5. The van der Waals surface area contributed by atoms with Crippen molar-refractivity contribution in [2.75, 3.05) is 5.73 Å². The van der Waals surface area contributed by atoms with Crippen LogP contribution in [0.4, 0.5) is 14.5 Å². The van der Waals surface area contributed by atoms with Gasteiger partial charge in [-0.05, 0) is 31.6 Å². The lowest BCUT2D eigenvalue weighted by molar-refractivity contribution is 0.0963. The van der Waals surface area contributed by atoms with Crippen LogP contribution in [0.1, 0.15) is 24.2 Å². The molecule has 22 heavy (non-hydrogen) atoms. The van der Waals surface area contributed by atoms with E-state index in [1.807, 2.05) is 13.8 Å². The number of anilines is 1. The molecule has 0 aromatic heterocycles. The van der Waals surface area contributed by atoms with E-state index >= 15 is 0 Å². The highest BCUT2D eigenvalue weighted by atomic mass is 19.1. The minimum Gasteiger partial charge on any atom is -0.396 e. The summed E-state index contributed by atoms with van der Waals surface area (Å²) < 4.78 is 26.6. The van der Waals surface area contributed by atoms with Crippen LogP contribution >= 0.6 is 0 Å². The fraction of sp³-hybridized carbons (Fsp3) is 0.118. The van der Waals surface area contributed by atoms with E-state index in [4.69, 9.17) is 5.73 Å². The molecular weight excluding hydrogens is 286 g/mol. The van der Waals surface area contributed by atoms with E-state index in [0.717, 1.165) is 17.2 Å². The number of rotatable bonds is 5. The van der Waals surface area contributed by atoms with Gasteiger partial charge in [0, 0.05) is 11.8 Å². The molecule has 0 unspecified atom stereocenters. The Labute approximate surface area is 128 Å². The van der Waals surface area contributed by atoms with E-state index in [9.17, 15) is 13.6 Å². The predicted molar refractivity (Wildman–Crippen MR) is 85.1 cm³/mol. The predicted octanol–water partition coefficient (Wildman–Crippen LogP) is 3.87. The lowest BCUT2D eigenvalue weighted by Crippen LogP contribution is -2.22. The van der Waals surface area contributed by atoms with Gasteiger partial charge >= 0.3 is 0 Å². The number of benzene rings is 1. The van der Waals surface area contributed by atoms with E-state index in [2.05, 4.69) is 18.5 Å². The maximum atomic E-state index is 13.6. The summed E-state index contributed by atoms with van der Waals surface area (Å²) in [6, 6.07) is 1.52. The normalized spacial score (nSPS) is 11.5. The second-order valence-corrected chi connectivity index (χ2v) is 4.82. The monoisotopic (exact) mass is 304 g/mol. The number of hydrogen-bond donors (Lipinski definition) is 2. The van der Waals surface area contributed by atoms with Crippen LogP contribution in [0.3, 0.4) is 0 Å². The smallest absolute Gasteiger partial charge is 0.258 e. The molecule has 0 saturated carbocycles. The fourth-order valence-electron chi connectivity index (χ4n) is 1.45. The molecule has 1 aromatic carbocycles. The lowest BCUT2D eigenvalue weighted by Gasteiger charge is -2.07. The molecule has 5 heteroatoms. The largest absolute Gasteiger partial charge is 0.396 e. The standard InChI is InChI=1S/C17H18F2N2O/c1-10(2)11(3)6-5-7-12(4)21-17(22)13-8-16(20)15(19)9-14(13)18/h5-9H,1,4,20H2,2-3H3,(H,21,22)/b7-5-,11-6+. The second kappa shape index (κ2) is 7.36. The molecule has 0 heterocycles. The van der Waals surface area contributed by atoms with Crippen molar-refractivity contribution in [2.45, 2.75) is 13.8 Å². The summed E-state index contributed by atoms with van der Waals surface area (Å²) in [5, 5.41) is 2.40. The Kier molecular flexibility index (Phi) is 5.81. The third-order valence-electron chi connectivity index (χ3n) is 2.92. The third kappa shape index (κ3) is 4.70. The topological polar surface area (TPSA) is 55.1 Å². The molecule has 0 bridgehead atoms. The van der Waals surface area contributed by atoms with E-state index in [0.29, 0.717) is 6.07 Å². The summed E-state index contributed by atoms with van der Waals surface area (Å²) in [5.74, 6) is -2.65. The summed E-state index contributed by atoms with van der Waals surface area (Å²) in [6.07, 6.45) is 5.03. The van der Waals surface area contributed by atoms with Crippen molar-refractivity contribution < 1.29 is 13.6 Å². The summed E-state index contributed by atoms with van der Waals surface area (Å²) in [5.41, 5.74) is 6.84. The number of nitrogens with two attached hydrogens (primary N) is 1. The molecule has 0 radical (unpaired) electrons. The highest BCUT2D eigenvalue weighted by molar-refractivity contribution is 5.96. The molecular formula is C17H18F2N2O. The highest BCUT2D eigenvalue weighted by Gasteiger charge is 2.14.